The Kier molecular flexibility index (Phi) is 4.24. The number of aliphatic hydroxyl groups is 1. The predicted octanol–water partition coefficient (Wildman–Crippen LogP) is -0.673. The highest BCUT2D eigenvalue weighted by Crippen LogP contribution is 2.20. The standard InChI is InChI=1S/C11H18N2O5S2/c1-12-8-11(7-10(12)9-14)20(17,18)13-3-2-5-19(15,16)6-4-13/h7-8,14H,2-6,9H2,1H3. The Hall–Kier alpha value is -0.900. The van der Waals surface area contributed by atoms with Crippen molar-refractivity contribution < 1.29 is 21.9 Å². The number of sulfone groups is 1. The Morgan fingerprint density at radius 2 is 2.00 bits per heavy atom. The van der Waals surface area contributed by atoms with Gasteiger partial charge in [0.1, 0.15) is 4.90 Å². The van der Waals surface area contributed by atoms with E-state index in [2.05, 4.69) is 0 Å². The molecule has 2 rings (SSSR count). The molecular formula is C11H18N2O5S2. The van der Waals surface area contributed by atoms with E-state index in [0.717, 1.165) is 0 Å². The van der Waals surface area contributed by atoms with Gasteiger partial charge < -0.3 is 9.67 Å². The molecule has 1 saturated heterocycles. The maximum absolute atomic E-state index is 12.5. The van der Waals surface area contributed by atoms with Crippen molar-refractivity contribution in [2.75, 3.05) is 24.6 Å². The van der Waals surface area contributed by atoms with Gasteiger partial charge >= 0.3 is 0 Å². The SMILES string of the molecule is Cn1cc(S(=O)(=O)N2CCCS(=O)(=O)CC2)cc1CO. The number of aryl methyl sites for hydroxylation is 1. The second kappa shape index (κ2) is 5.47. The second-order valence-electron chi connectivity index (χ2n) is 4.85. The lowest BCUT2D eigenvalue weighted by Gasteiger charge is -2.18. The molecule has 0 atom stereocenters. The van der Waals surface area contributed by atoms with Crippen molar-refractivity contribution in [2.24, 2.45) is 7.05 Å². The smallest absolute Gasteiger partial charge is 0.244 e. The zero-order valence-electron chi connectivity index (χ0n) is 11.2. The van der Waals surface area contributed by atoms with Crippen LogP contribution >= 0.6 is 0 Å². The molecule has 7 nitrogen and oxygen atoms in total. The Morgan fingerprint density at radius 1 is 1.30 bits per heavy atom. The van der Waals surface area contributed by atoms with Gasteiger partial charge in [0.2, 0.25) is 10.0 Å². The molecule has 2 heterocycles. The van der Waals surface area contributed by atoms with E-state index in [-0.39, 0.29) is 36.1 Å². The molecule has 1 N–H and O–H groups in total. The highest BCUT2D eigenvalue weighted by Gasteiger charge is 2.29. The molecule has 9 heteroatoms. The van der Waals surface area contributed by atoms with Crippen molar-refractivity contribution in [1.29, 1.82) is 0 Å². The van der Waals surface area contributed by atoms with Gasteiger partial charge in [-0.1, -0.05) is 0 Å². The topological polar surface area (TPSA) is 96.7 Å². The first-order valence-corrected chi connectivity index (χ1v) is 9.49. The predicted molar refractivity (Wildman–Crippen MR) is 73.4 cm³/mol. The van der Waals surface area contributed by atoms with E-state index in [4.69, 9.17) is 5.11 Å². The third-order valence-electron chi connectivity index (χ3n) is 3.40. The van der Waals surface area contributed by atoms with E-state index in [1.807, 2.05) is 0 Å². The third-order valence-corrected chi connectivity index (χ3v) is 6.98. The van der Waals surface area contributed by atoms with E-state index in [1.165, 1.54) is 16.6 Å². The van der Waals surface area contributed by atoms with Crippen LogP contribution < -0.4 is 0 Å². The summed E-state index contributed by atoms with van der Waals surface area (Å²) >= 11 is 0. The van der Waals surface area contributed by atoms with Gasteiger partial charge in [-0.05, 0) is 12.5 Å². The van der Waals surface area contributed by atoms with Crippen LogP contribution in [-0.4, -0.2) is 55.4 Å². The number of nitrogens with zero attached hydrogens (tertiary/aromatic N) is 2. The van der Waals surface area contributed by atoms with Crippen LogP contribution in [0.1, 0.15) is 12.1 Å². The van der Waals surface area contributed by atoms with Crippen molar-refractivity contribution in [2.45, 2.75) is 17.9 Å². The third kappa shape index (κ3) is 3.05. The largest absolute Gasteiger partial charge is 0.390 e. The molecule has 0 radical (unpaired) electrons. The first kappa shape index (κ1) is 15.5. The van der Waals surface area contributed by atoms with Gasteiger partial charge in [-0.25, -0.2) is 16.8 Å². The van der Waals surface area contributed by atoms with E-state index in [1.54, 1.807) is 11.6 Å². The zero-order chi connectivity index (χ0) is 15.0. The summed E-state index contributed by atoms with van der Waals surface area (Å²) < 4.78 is 50.7. The summed E-state index contributed by atoms with van der Waals surface area (Å²) in [6, 6.07) is 1.41. The molecule has 0 amide bonds. The molecule has 1 aliphatic rings. The van der Waals surface area contributed by atoms with Gasteiger partial charge in [-0.15, -0.1) is 0 Å². The van der Waals surface area contributed by atoms with Gasteiger partial charge in [-0.3, -0.25) is 0 Å². The van der Waals surface area contributed by atoms with Gasteiger partial charge in [0.25, 0.3) is 0 Å². The van der Waals surface area contributed by atoms with Crippen molar-refractivity contribution in [3.8, 4) is 0 Å². The highest BCUT2D eigenvalue weighted by atomic mass is 32.2. The molecular weight excluding hydrogens is 304 g/mol. The van der Waals surface area contributed by atoms with Crippen molar-refractivity contribution in [1.82, 2.24) is 8.87 Å². The molecule has 1 aromatic rings. The minimum atomic E-state index is -3.71. The molecule has 0 bridgehead atoms. The quantitative estimate of drug-likeness (QED) is 0.796. The lowest BCUT2D eigenvalue weighted by Crippen LogP contribution is -2.33. The molecule has 20 heavy (non-hydrogen) atoms. The fraction of sp³-hybridized carbons (Fsp3) is 0.636. The van der Waals surface area contributed by atoms with Gasteiger partial charge in [-0.2, -0.15) is 4.31 Å². The number of hydrogen-bond acceptors (Lipinski definition) is 5. The lowest BCUT2D eigenvalue weighted by molar-refractivity contribution is 0.272. The maximum Gasteiger partial charge on any atom is 0.244 e. The monoisotopic (exact) mass is 322 g/mol. The number of aromatic nitrogens is 1. The summed E-state index contributed by atoms with van der Waals surface area (Å²) in [7, 11) is -5.21. The summed E-state index contributed by atoms with van der Waals surface area (Å²) in [5, 5.41) is 9.11. The Morgan fingerprint density at radius 3 is 2.60 bits per heavy atom. The van der Waals surface area contributed by atoms with Crippen LogP contribution in [0.4, 0.5) is 0 Å². The molecule has 1 aromatic heterocycles. The van der Waals surface area contributed by atoms with Crippen LogP contribution in [0.3, 0.4) is 0 Å². The normalized spacial score (nSPS) is 20.7. The minimum Gasteiger partial charge on any atom is -0.390 e. The molecule has 0 unspecified atom stereocenters. The van der Waals surface area contributed by atoms with E-state index in [0.29, 0.717) is 12.1 Å². The van der Waals surface area contributed by atoms with Gasteiger partial charge in [0, 0.05) is 32.0 Å². The van der Waals surface area contributed by atoms with Crippen LogP contribution in [0, 0.1) is 0 Å². The van der Waals surface area contributed by atoms with Crippen molar-refractivity contribution >= 4 is 19.9 Å². The summed E-state index contributed by atoms with van der Waals surface area (Å²) in [4.78, 5) is 0.0864. The number of hydrogen-bond donors (Lipinski definition) is 1. The molecule has 0 spiro atoms. The van der Waals surface area contributed by atoms with Crippen LogP contribution in [0.2, 0.25) is 0 Å². The number of rotatable bonds is 3. The van der Waals surface area contributed by atoms with E-state index in [9.17, 15) is 16.8 Å². The van der Waals surface area contributed by atoms with E-state index >= 15 is 0 Å². The summed E-state index contributed by atoms with van der Waals surface area (Å²) in [5.41, 5.74) is 0.492. The van der Waals surface area contributed by atoms with E-state index < -0.39 is 19.9 Å². The number of sulfonamides is 1. The fourth-order valence-corrected chi connectivity index (χ4v) is 5.14. The Labute approximate surface area is 118 Å². The van der Waals surface area contributed by atoms with Crippen molar-refractivity contribution in [3.63, 3.8) is 0 Å². The van der Waals surface area contributed by atoms with Crippen LogP contribution in [0.15, 0.2) is 17.2 Å². The molecule has 0 saturated carbocycles. The zero-order valence-corrected chi connectivity index (χ0v) is 12.8. The average molecular weight is 322 g/mol. The molecule has 1 aliphatic heterocycles. The lowest BCUT2D eigenvalue weighted by atomic mass is 10.5. The first-order chi connectivity index (χ1) is 9.26. The number of aliphatic hydroxyl groups excluding tert-OH is 1. The van der Waals surface area contributed by atoms with Crippen LogP contribution in [0.25, 0.3) is 0 Å². The first-order valence-electron chi connectivity index (χ1n) is 6.23. The highest BCUT2D eigenvalue weighted by molar-refractivity contribution is 7.91. The molecule has 0 aromatic carbocycles. The Bertz CT molecular complexity index is 690. The summed E-state index contributed by atoms with van der Waals surface area (Å²) in [5.74, 6) is -0.123. The summed E-state index contributed by atoms with van der Waals surface area (Å²) in [6.45, 7) is -0.0701. The molecule has 114 valence electrons. The van der Waals surface area contributed by atoms with Gasteiger partial charge in [0.05, 0.1) is 18.1 Å². The molecule has 0 aliphatic carbocycles. The maximum atomic E-state index is 12.5. The summed E-state index contributed by atoms with van der Waals surface area (Å²) in [6.07, 6.45) is 1.74. The average Bonchev–Trinajstić information content (AvgIpc) is 2.64. The second-order valence-corrected chi connectivity index (χ2v) is 9.09. The van der Waals surface area contributed by atoms with Crippen LogP contribution in [-0.2, 0) is 33.5 Å². The van der Waals surface area contributed by atoms with Crippen LogP contribution in [0.5, 0.6) is 0 Å². The molecule has 1 fully saturated rings. The van der Waals surface area contributed by atoms with Gasteiger partial charge in [0.15, 0.2) is 9.84 Å². The minimum absolute atomic E-state index is 0.0198. The Balaban J connectivity index is 2.30. The fourth-order valence-electron chi connectivity index (χ4n) is 2.18. The van der Waals surface area contributed by atoms with Crippen molar-refractivity contribution in [3.05, 3.63) is 18.0 Å².